The second-order valence-electron chi connectivity index (χ2n) is 6.62. The molecule has 4 N–H and O–H groups in total. The van der Waals surface area contributed by atoms with E-state index in [4.69, 9.17) is 5.73 Å². The standard InChI is InChI=1S/C17H20BrN3O4/c18-11-6-4-10(5-7-11)12-9-17(12,15(19)23)20-14(22)13-3-1-2-8-21(13)16(24)25/h4-7,12-13H,1-3,8-9H2,(H2,19,23)(H,20,22)(H,24,25)/t12-,13?,17+/m0/s1. The Balaban J connectivity index is 1.77. The van der Waals surface area contributed by atoms with Gasteiger partial charge in [0, 0.05) is 16.9 Å². The summed E-state index contributed by atoms with van der Waals surface area (Å²) in [5.74, 6) is -1.23. The summed E-state index contributed by atoms with van der Waals surface area (Å²) in [5.41, 5.74) is 5.36. The van der Waals surface area contributed by atoms with E-state index >= 15 is 0 Å². The lowest BCUT2D eigenvalue weighted by molar-refractivity contribution is -0.132. The van der Waals surface area contributed by atoms with Crippen molar-refractivity contribution in [3.05, 3.63) is 34.3 Å². The SMILES string of the molecule is NC(=O)[C@@]1(NC(=O)C2CCCCN2C(=O)O)C[C@H]1c1ccc(Br)cc1. The van der Waals surface area contributed by atoms with Gasteiger partial charge in [-0.25, -0.2) is 4.79 Å². The molecule has 1 aliphatic carbocycles. The molecule has 2 fully saturated rings. The number of rotatable bonds is 4. The number of carboxylic acid groups (broad SMARTS) is 1. The van der Waals surface area contributed by atoms with Crippen LogP contribution in [0, 0.1) is 0 Å². The minimum Gasteiger partial charge on any atom is -0.465 e. The maximum atomic E-state index is 12.7. The number of nitrogens with two attached hydrogens (primary N) is 1. The van der Waals surface area contributed by atoms with Gasteiger partial charge in [-0.3, -0.25) is 14.5 Å². The van der Waals surface area contributed by atoms with Gasteiger partial charge in [0.1, 0.15) is 11.6 Å². The van der Waals surface area contributed by atoms with Crippen molar-refractivity contribution in [2.24, 2.45) is 5.73 Å². The number of likely N-dealkylation sites (tertiary alicyclic amines) is 1. The zero-order chi connectivity index (χ0) is 18.2. The fourth-order valence-corrected chi connectivity index (χ4v) is 3.83. The van der Waals surface area contributed by atoms with Gasteiger partial charge >= 0.3 is 6.09 Å². The van der Waals surface area contributed by atoms with E-state index in [-0.39, 0.29) is 5.92 Å². The number of halogens is 1. The summed E-state index contributed by atoms with van der Waals surface area (Å²) in [7, 11) is 0. The average Bonchev–Trinajstić information content (AvgIpc) is 3.31. The first-order valence-corrected chi connectivity index (χ1v) is 9.01. The summed E-state index contributed by atoms with van der Waals surface area (Å²) >= 11 is 3.36. The molecule has 7 nitrogen and oxygen atoms in total. The van der Waals surface area contributed by atoms with E-state index in [2.05, 4.69) is 21.2 Å². The van der Waals surface area contributed by atoms with Gasteiger partial charge in [-0.1, -0.05) is 28.1 Å². The quantitative estimate of drug-likeness (QED) is 0.703. The molecule has 1 aromatic carbocycles. The molecule has 8 heteroatoms. The number of carbonyl (C=O) groups excluding carboxylic acids is 2. The Morgan fingerprint density at radius 2 is 1.92 bits per heavy atom. The van der Waals surface area contributed by atoms with Crippen molar-refractivity contribution < 1.29 is 19.5 Å². The number of benzene rings is 1. The molecule has 1 saturated heterocycles. The highest BCUT2D eigenvalue weighted by Crippen LogP contribution is 2.51. The van der Waals surface area contributed by atoms with Crippen LogP contribution in [-0.2, 0) is 9.59 Å². The van der Waals surface area contributed by atoms with E-state index in [1.165, 1.54) is 0 Å². The molecular formula is C17H20BrN3O4. The van der Waals surface area contributed by atoms with Crippen LogP contribution in [0.4, 0.5) is 4.79 Å². The monoisotopic (exact) mass is 409 g/mol. The molecule has 0 spiro atoms. The molecule has 134 valence electrons. The minimum absolute atomic E-state index is 0.191. The molecule has 0 aromatic heterocycles. The largest absolute Gasteiger partial charge is 0.465 e. The third kappa shape index (κ3) is 3.35. The Kier molecular flexibility index (Phi) is 4.73. The van der Waals surface area contributed by atoms with Crippen molar-refractivity contribution in [1.29, 1.82) is 0 Å². The van der Waals surface area contributed by atoms with Crippen molar-refractivity contribution in [2.75, 3.05) is 6.54 Å². The second kappa shape index (κ2) is 6.67. The number of amides is 3. The fraction of sp³-hybridized carbons (Fsp3) is 0.471. The predicted molar refractivity (Wildman–Crippen MR) is 93.9 cm³/mol. The summed E-state index contributed by atoms with van der Waals surface area (Å²) in [5, 5.41) is 12.0. The number of hydrogen-bond donors (Lipinski definition) is 3. The summed E-state index contributed by atoms with van der Waals surface area (Å²) in [6.45, 7) is 0.327. The molecule has 1 aromatic rings. The Morgan fingerprint density at radius 1 is 1.24 bits per heavy atom. The molecule has 2 aliphatic rings. The molecule has 0 radical (unpaired) electrons. The van der Waals surface area contributed by atoms with E-state index in [0.29, 0.717) is 19.4 Å². The van der Waals surface area contributed by atoms with Gasteiger partial charge in [-0.15, -0.1) is 0 Å². The molecule has 3 rings (SSSR count). The number of nitrogens with one attached hydrogen (secondary N) is 1. The van der Waals surface area contributed by atoms with Gasteiger partial charge in [0.05, 0.1) is 0 Å². The number of nitrogens with zero attached hydrogens (tertiary/aromatic N) is 1. The van der Waals surface area contributed by atoms with Crippen molar-refractivity contribution in [2.45, 2.75) is 43.2 Å². The molecule has 3 atom stereocenters. The zero-order valence-corrected chi connectivity index (χ0v) is 15.2. The van der Waals surface area contributed by atoms with Crippen LogP contribution >= 0.6 is 15.9 Å². The van der Waals surface area contributed by atoms with Crippen LogP contribution in [0.25, 0.3) is 0 Å². The smallest absolute Gasteiger partial charge is 0.407 e. The van der Waals surface area contributed by atoms with Crippen LogP contribution in [0.5, 0.6) is 0 Å². The van der Waals surface area contributed by atoms with Crippen molar-refractivity contribution in [1.82, 2.24) is 10.2 Å². The highest BCUT2D eigenvalue weighted by Gasteiger charge is 2.61. The van der Waals surface area contributed by atoms with Gasteiger partial charge in [-0.2, -0.15) is 0 Å². The lowest BCUT2D eigenvalue weighted by Crippen LogP contribution is -2.57. The summed E-state index contributed by atoms with van der Waals surface area (Å²) in [6.07, 6.45) is 1.28. The highest BCUT2D eigenvalue weighted by atomic mass is 79.9. The first kappa shape index (κ1) is 17.7. The van der Waals surface area contributed by atoms with Crippen LogP contribution in [0.1, 0.15) is 37.2 Å². The van der Waals surface area contributed by atoms with Gasteiger partial charge in [0.2, 0.25) is 11.8 Å². The Bertz CT molecular complexity index is 708. The maximum absolute atomic E-state index is 12.7. The van der Waals surface area contributed by atoms with Crippen molar-refractivity contribution in [3.8, 4) is 0 Å². The van der Waals surface area contributed by atoms with Crippen molar-refractivity contribution in [3.63, 3.8) is 0 Å². The van der Waals surface area contributed by atoms with E-state index < -0.39 is 29.5 Å². The highest BCUT2D eigenvalue weighted by molar-refractivity contribution is 9.10. The van der Waals surface area contributed by atoms with E-state index in [1.54, 1.807) is 0 Å². The third-order valence-corrected chi connectivity index (χ3v) is 5.60. The van der Waals surface area contributed by atoms with Crippen LogP contribution in [-0.4, -0.2) is 46.0 Å². The number of piperidine rings is 1. The predicted octanol–water partition coefficient (Wildman–Crippen LogP) is 1.81. The normalized spacial score (nSPS) is 28.3. The molecule has 1 saturated carbocycles. The first-order valence-electron chi connectivity index (χ1n) is 8.22. The molecule has 1 heterocycles. The van der Waals surface area contributed by atoms with Gasteiger partial charge in [0.25, 0.3) is 0 Å². The van der Waals surface area contributed by atoms with Gasteiger partial charge < -0.3 is 16.2 Å². The molecular weight excluding hydrogens is 390 g/mol. The Hall–Kier alpha value is -2.09. The first-order chi connectivity index (χ1) is 11.8. The summed E-state index contributed by atoms with van der Waals surface area (Å²) < 4.78 is 0.921. The van der Waals surface area contributed by atoms with E-state index in [1.807, 2.05) is 24.3 Å². The molecule has 0 bridgehead atoms. The molecule has 25 heavy (non-hydrogen) atoms. The van der Waals surface area contributed by atoms with Gasteiger partial charge in [-0.05, 0) is 43.4 Å². The minimum atomic E-state index is -1.13. The molecule has 1 aliphatic heterocycles. The average molecular weight is 410 g/mol. The van der Waals surface area contributed by atoms with Crippen LogP contribution < -0.4 is 11.1 Å². The maximum Gasteiger partial charge on any atom is 0.407 e. The second-order valence-corrected chi connectivity index (χ2v) is 7.54. The molecule has 3 amide bonds. The Morgan fingerprint density at radius 3 is 2.52 bits per heavy atom. The van der Waals surface area contributed by atoms with E-state index in [0.717, 1.165) is 27.8 Å². The number of primary amides is 1. The summed E-state index contributed by atoms with van der Waals surface area (Å²) in [6, 6.07) is 6.74. The van der Waals surface area contributed by atoms with Crippen LogP contribution in [0.15, 0.2) is 28.7 Å². The molecule has 1 unspecified atom stereocenters. The van der Waals surface area contributed by atoms with Crippen LogP contribution in [0.3, 0.4) is 0 Å². The lowest BCUT2D eigenvalue weighted by Gasteiger charge is -2.33. The third-order valence-electron chi connectivity index (χ3n) is 5.07. The zero-order valence-electron chi connectivity index (χ0n) is 13.6. The van der Waals surface area contributed by atoms with E-state index in [9.17, 15) is 19.5 Å². The van der Waals surface area contributed by atoms with Gasteiger partial charge in [0.15, 0.2) is 0 Å². The number of carbonyl (C=O) groups is 3. The van der Waals surface area contributed by atoms with Crippen LogP contribution in [0.2, 0.25) is 0 Å². The topological polar surface area (TPSA) is 113 Å². The lowest BCUT2D eigenvalue weighted by atomic mass is 10.0. The Labute approximate surface area is 153 Å². The summed E-state index contributed by atoms with van der Waals surface area (Å²) in [4.78, 5) is 37.2. The fourth-order valence-electron chi connectivity index (χ4n) is 3.57. The number of hydrogen-bond acceptors (Lipinski definition) is 3. The van der Waals surface area contributed by atoms with Crippen molar-refractivity contribution >= 4 is 33.8 Å².